The van der Waals surface area contributed by atoms with E-state index in [2.05, 4.69) is 17.1 Å². The highest BCUT2D eigenvalue weighted by atomic mass is 16.5. The lowest BCUT2D eigenvalue weighted by Gasteiger charge is -2.38. The van der Waals surface area contributed by atoms with E-state index in [-0.39, 0.29) is 42.9 Å². The number of anilines is 1. The van der Waals surface area contributed by atoms with Gasteiger partial charge in [-0.25, -0.2) is 0 Å². The number of aryl methyl sites for hydroxylation is 1. The van der Waals surface area contributed by atoms with Crippen LogP contribution in [0.15, 0.2) is 72.9 Å². The number of para-hydroxylation sites is 1. The van der Waals surface area contributed by atoms with Crippen molar-refractivity contribution in [1.29, 1.82) is 0 Å². The average Bonchev–Trinajstić information content (AvgIpc) is 3.33. The molecule has 0 spiro atoms. The number of nitrogens with one attached hydrogen (secondary N) is 1. The van der Waals surface area contributed by atoms with Crippen LogP contribution in [-0.4, -0.2) is 77.3 Å². The van der Waals surface area contributed by atoms with E-state index in [4.69, 9.17) is 9.47 Å². The Bertz CT molecular complexity index is 1620. The smallest absolute Gasteiger partial charge is 0.258 e. The Labute approximate surface area is 259 Å². The molecule has 1 aliphatic heterocycles. The molecule has 4 aromatic rings. The van der Waals surface area contributed by atoms with E-state index >= 15 is 0 Å². The second-order valence-corrected chi connectivity index (χ2v) is 11.9. The maximum Gasteiger partial charge on any atom is 0.258 e. The van der Waals surface area contributed by atoms with Gasteiger partial charge < -0.3 is 29.4 Å². The highest BCUT2D eigenvalue weighted by Crippen LogP contribution is 2.31. The summed E-state index contributed by atoms with van der Waals surface area (Å²) in [6, 6.07) is 20.8. The van der Waals surface area contributed by atoms with Crippen LogP contribution in [0.2, 0.25) is 0 Å². The van der Waals surface area contributed by atoms with Gasteiger partial charge in [0.25, 0.3) is 5.91 Å². The van der Waals surface area contributed by atoms with Crippen molar-refractivity contribution in [3.8, 4) is 11.5 Å². The predicted octanol–water partition coefficient (Wildman–Crippen LogP) is 4.72. The summed E-state index contributed by atoms with van der Waals surface area (Å²) < 4.78 is 13.8. The molecular formula is C35H42N4O5. The molecule has 9 nitrogen and oxygen atoms in total. The zero-order chi connectivity index (χ0) is 31.4. The first kappa shape index (κ1) is 31.1. The number of carbonyl (C=O) groups is 2. The highest BCUT2D eigenvalue weighted by Gasteiger charge is 2.33. The molecular weight excluding hydrogens is 556 g/mol. The van der Waals surface area contributed by atoms with Gasteiger partial charge in [-0.05, 0) is 61.5 Å². The molecule has 0 aliphatic carbocycles. The van der Waals surface area contributed by atoms with Crippen LogP contribution in [0.1, 0.15) is 35.3 Å². The molecule has 232 valence electrons. The van der Waals surface area contributed by atoms with Gasteiger partial charge in [0, 0.05) is 55.4 Å². The van der Waals surface area contributed by atoms with Gasteiger partial charge in [0.15, 0.2) is 0 Å². The van der Waals surface area contributed by atoms with Crippen molar-refractivity contribution in [2.75, 3.05) is 39.2 Å². The Hall–Kier alpha value is -4.34. The van der Waals surface area contributed by atoms with Crippen molar-refractivity contribution >= 4 is 28.4 Å². The van der Waals surface area contributed by atoms with Crippen LogP contribution in [-0.2, 0) is 24.8 Å². The summed E-state index contributed by atoms with van der Waals surface area (Å²) in [7, 11) is 5.67. The molecule has 0 unspecified atom stereocenters. The molecule has 5 rings (SSSR count). The molecule has 44 heavy (non-hydrogen) atoms. The molecule has 2 heterocycles. The number of aromatic nitrogens is 1. The normalized spacial score (nSPS) is 17.5. The number of aliphatic hydroxyl groups is 1. The molecule has 9 heteroatoms. The lowest BCUT2D eigenvalue weighted by molar-refractivity contribution is -0.115. The topological polar surface area (TPSA) is 96.3 Å². The number of aliphatic hydroxyl groups excluding tert-OH is 1. The van der Waals surface area contributed by atoms with Crippen LogP contribution < -0.4 is 14.8 Å². The van der Waals surface area contributed by atoms with Crippen LogP contribution >= 0.6 is 0 Å². The van der Waals surface area contributed by atoms with E-state index in [1.165, 1.54) is 0 Å². The second kappa shape index (κ2) is 13.5. The minimum absolute atomic E-state index is 0.000470. The van der Waals surface area contributed by atoms with Crippen molar-refractivity contribution < 1.29 is 24.2 Å². The highest BCUT2D eigenvalue weighted by molar-refractivity contribution is 6.00. The van der Waals surface area contributed by atoms with Crippen LogP contribution in [0, 0.1) is 5.92 Å². The maximum atomic E-state index is 13.8. The first-order valence-corrected chi connectivity index (χ1v) is 15.0. The molecule has 2 N–H and O–H groups in total. The second-order valence-electron chi connectivity index (χ2n) is 11.9. The number of nitrogens with zero attached hydrogens (tertiary/aromatic N) is 3. The van der Waals surface area contributed by atoms with E-state index < -0.39 is 0 Å². The van der Waals surface area contributed by atoms with Gasteiger partial charge in [-0.1, -0.05) is 37.3 Å². The van der Waals surface area contributed by atoms with E-state index in [0.29, 0.717) is 30.1 Å². The monoisotopic (exact) mass is 598 g/mol. The van der Waals surface area contributed by atoms with E-state index in [1.807, 2.05) is 80.3 Å². The third-order valence-electron chi connectivity index (χ3n) is 8.38. The number of likely N-dealkylation sites (N-methyl/N-ethyl adjacent to an activating group) is 1. The molecule has 0 bridgehead atoms. The molecule has 0 radical (unpaired) electrons. The molecule has 1 aliphatic rings. The van der Waals surface area contributed by atoms with Crippen molar-refractivity contribution in [1.82, 2.24) is 14.4 Å². The zero-order valence-corrected chi connectivity index (χ0v) is 26.1. The van der Waals surface area contributed by atoms with Crippen LogP contribution in [0.4, 0.5) is 5.69 Å². The Balaban J connectivity index is 1.36. The molecule has 0 saturated carbocycles. The first-order valence-electron chi connectivity index (χ1n) is 15.0. The Morgan fingerprint density at radius 3 is 2.64 bits per heavy atom. The maximum absolute atomic E-state index is 13.8. The Morgan fingerprint density at radius 2 is 1.91 bits per heavy atom. The summed E-state index contributed by atoms with van der Waals surface area (Å²) in [4.78, 5) is 30.9. The van der Waals surface area contributed by atoms with Crippen molar-refractivity contribution in [3.05, 3.63) is 89.6 Å². The summed E-state index contributed by atoms with van der Waals surface area (Å²) >= 11 is 0. The van der Waals surface area contributed by atoms with Gasteiger partial charge in [-0.15, -0.1) is 0 Å². The van der Waals surface area contributed by atoms with Gasteiger partial charge in [0.2, 0.25) is 5.91 Å². The van der Waals surface area contributed by atoms with Crippen LogP contribution in [0.5, 0.6) is 11.5 Å². The van der Waals surface area contributed by atoms with Crippen molar-refractivity contribution in [2.24, 2.45) is 13.0 Å². The largest absolute Gasteiger partial charge is 0.497 e. The van der Waals surface area contributed by atoms with Crippen LogP contribution in [0.3, 0.4) is 0 Å². The molecule has 0 fully saturated rings. The molecule has 3 aromatic carbocycles. The van der Waals surface area contributed by atoms with Gasteiger partial charge >= 0.3 is 0 Å². The predicted molar refractivity (Wildman–Crippen MR) is 172 cm³/mol. The van der Waals surface area contributed by atoms with Crippen molar-refractivity contribution in [2.45, 2.75) is 39.0 Å². The SMILES string of the molecule is COc1ccc(CN(C)C[C@@H]2Oc3ccc(NC(=O)Cc4cn(C)c5ccccc45)cc3C(=O)N([C@@H](C)CO)C[C@H]2C)cc1. The summed E-state index contributed by atoms with van der Waals surface area (Å²) in [6.45, 7) is 5.54. The number of hydrogen-bond acceptors (Lipinski definition) is 6. The van der Waals surface area contributed by atoms with Gasteiger partial charge in [-0.3, -0.25) is 14.5 Å². The van der Waals surface area contributed by atoms with Gasteiger partial charge in [0.1, 0.15) is 17.6 Å². The minimum Gasteiger partial charge on any atom is -0.497 e. The summed E-state index contributed by atoms with van der Waals surface area (Å²) in [6.07, 6.45) is 1.96. The third-order valence-corrected chi connectivity index (χ3v) is 8.38. The van der Waals surface area contributed by atoms with Crippen molar-refractivity contribution in [3.63, 3.8) is 0 Å². The molecule has 0 saturated heterocycles. The zero-order valence-electron chi connectivity index (χ0n) is 26.1. The van der Waals surface area contributed by atoms with Gasteiger partial charge in [0.05, 0.1) is 31.7 Å². The summed E-state index contributed by atoms with van der Waals surface area (Å²) in [5.41, 5.74) is 4.04. The number of methoxy groups -OCH3 is 1. The van der Waals surface area contributed by atoms with E-state index in [1.54, 1.807) is 30.2 Å². The van der Waals surface area contributed by atoms with Crippen LogP contribution in [0.25, 0.3) is 10.9 Å². The number of hydrogen-bond donors (Lipinski definition) is 2. The van der Waals surface area contributed by atoms with Gasteiger partial charge in [-0.2, -0.15) is 0 Å². The fourth-order valence-electron chi connectivity index (χ4n) is 5.88. The Kier molecular flexibility index (Phi) is 9.56. The lowest BCUT2D eigenvalue weighted by Crippen LogP contribution is -2.49. The number of fused-ring (bicyclic) bond motifs is 2. The fraction of sp³-hybridized carbons (Fsp3) is 0.371. The third kappa shape index (κ3) is 6.90. The average molecular weight is 599 g/mol. The standard InChI is InChI=1S/C35H42N4O5/c1-23-18-39(24(2)22-40)35(42)30-17-27(36-34(41)16-26-20-38(4)31-9-7-6-8-29(26)31)12-15-32(30)44-33(23)21-37(3)19-25-10-13-28(43-5)14-11-25/h6-15,17,20,23-24,33,40H,16,18-19,21-22H2,1-5H3,(H,36,41)/t23-,24+,33+/m1/s1. The number of carbonyl (C=O) groups excluding carboxylic acids is 2. The molecule has 3 atom stereocenters. The van der Waals surface area contributed by atoms with E-state index in [9.17, 15) is 14.7 Å². The first-order chi connectivity index (χ1) is 21.2. The number of amides is 2. The Morgan fingerprint density at radius 1 is 1.16 bits per heavy atom. The van der Waals surface area contributed by atoms with E-state index in [0.717, 1.165) is 34.3 Å². The number of ether oxygens (including phenoxy) is 2. The number of benzene rings is 3. The summed E-state index contributed by atoms with van der Waals surface area (Å²) in [5.74, 6) is 0.874. The minimum atomic E-state index is -0.377. The molecule has 1 aromatic heterocycles. The quantitative estimate of drug-likeness (QED) is 0.274. The lowest BCUT2D eigenvalue weighted by atomic mass is 9.99. The molecule has 2 amide bonds. The summed E-state index contributed by atoms with van der Waals surface area (Å²) in [5, 5.41) is 14.0. The fourth-order valence-corrected chi connectivity index (χ4v) is 5.88. The number of rotatable bonds is 10.